The summed E-state index contributed by atoms with van der Waals surface area (Å²) in [4.78, 5) is 14.3. The fourth-order valence-electron chi connectivity index (χ4n) is 3.84. The number of rotatable bonds is 3. The molecule has 0 unspecified atom stereocenters. The summed E-state index contributed by atoms with van der Waals surface area (Å²) in [5, 5.41) is 7.64. The van der Waals surface area contributed by atoms with Crippen LogP contribution in [0.1, 0.15) is 34.6 Å². The first-order chi connectivity index (χ1) is 14.1. The third kappa shape index (κ3) is 3.15. The standard InChI is InChI=1S/C22H21N3O3S/c1-13(14-7-8-17-18(11-14)28-10-9-27-17)23-22(26)20-16-12-29-19-6-4-3-5-15(19)21(16)25(2)24-20/h3-8,11,13H,9-10,12H2,1-2H3,(H,23,26)/t13-/m0/s1. The fraction of sp³-hybridized carbons (Fsp3) is 0.273. The Morgan fingerprint density at radius 2 is 1.97 bits per heavy atom. The zero-order valence-corrected chi connectivity index (χ0v) is 17.1. The molecule has 1 N–H and O–H groups in total. The number of aromatic nitrogens is 2. The highest BCUT2D eigenvalue weighted by molar-refractivity contribution is 7.98. The first kappa shape index (κ1) is 18.1. The van der Waals surface area contributed by atoms with E-state index in [4.69, 9.17) is 9.47 Å². The lowest BCUT2D eigenvalue weighted by Gasteiger charge is -2.21. The lowest BCUT2D eigenvalue weighted by atomic mass is 10.0. The molecule has 1 amide bonds. The number of hydrogen-bond acceptors (Lipinski definition) is 5. The molecule has 0 saturated carbocycles. The number of thioether (sulfide) groups is 1. The molecule has 3 heterocycles. The van der Waals surface area contributed by atoms with Crippen molar-refractivity contribution in [1.82, 2.24) is 15.1 Å². The summed E-state index contributed by atoms with van der Waals surface area (Å²) in [6.07, 6.45) is 0. The number of nitrogens with zero attached hydrogens (tertiary/aromatic N) is 2. The minimum atomic E-state index is -0.181. The zero-order valence-electron chi connectivity index (χ0n) is 16.3. The van der Waals surface area contributed by atoms with Gasteiger partial charge in [-0.3, -0.25) is 9.48 Å². The summed E-state index contributed by atoms with van der Waals surface area (Å²) >= 11 is 1.74. The highest BCUT2D eigenvalue weighted by Gasteiger charge is 2.28. The highest BCUT2D eigenvalue weighted by Crippen LogP contribution is 2.42. The molecular weight excluding hydrogens is 386 g/mol. The van der Waals surface area contributed by atoms with Crippen LogP contribution in [0.5, 0.6) is 11.5 Å². The van der Waals surface area contributed by atoms with Gasteiger partial charge in [-0.25, -0.2) is 0 Å². The van der Waals surface area contributed by atoms with Gasteiger partial charge in [0.15, 0.2) is 17.2 Å². The predicted octanol–water partition coefficient (Wildman–Crippen LogP) is 3.96. The van der Waals surface area contributed by atoms with Crippen LogP contribution in [-0.4, -0.2) is 28.9 Å². The van der Waals surface area contributed by atoms with Gasteiger partial charge in [0.1, 0.15) is 13.2 Å². The Morgan fingerprint density at radius 1 is 1.17 bits per heavy atom. The Balaban J connectivity index is 1.41. The lowest BCUT2D eigenvalue weighted by molar-refractivity contribution is 0.0933. The number of carbonyl (C=O) groups is 1. The number of hydrogen-bond donors (Lipinski definition) is 1. The minimum absolute atomic E-state index is 0.163. The molecule has 0 radical (unpaired) electrons. The zero-order chi connectivity index (χ0) is 20.0. The van der Waals surface area contributed by atoms with Gasteiger partial charge in [0.05, 0.1) is 11.7 Å². The Morgan fingerprint density at radius 3 is 2.83 bits per heavy atom. The number of nitrogens with one attached hydrogen (secondary N) is 1. The average Bonchev–Trinajstić information content (AvgIpc) is 3.10. The van der Waals surface area contributed by atoms with Crippen molar-refractivity contribution in [3.8, 4) is 22.8 Å². The SMILES string of the molecule is C[C@H](NC(=O)c1nn(C)c2c1CSc1ccccc1-2)c1ccc2c(c1)OCCO2. The Bertz CT molecular complexity index is 1110. The maximum absolute atomic E-state index is 13.1. The van der Waals surface area contributed by atoms with Gasteiger partial charge in [-0.1, -0.05) is 24.3 Å². The molecule has 0 spiro atoms. The van der Waals surface area contributed by atoms with Crippen LogP contribution in [0.15, 0.2) is 47.4 Å². The van der Waals surface area contributed by atoms with Crippen LogP contribution in [-0.2, 0) is 12.8 Å². The molecule has 0 bridgehead atoms. The van der Waals surface area contributed by atoms with Crippen LogP contribution in [0.4, 0.5) is 0 Å². The molecule has 0 fully saturated rings. The summed E-state index contributed by atoms with van der Waals surface area (Å²) < 4.78 is 13.1. The van der Waals surface area contributed by atoms with Crippen LogP contribution in [0.2, 0.25) is 0 Å². The third-order valence-corrected chi connectivity index (χ3v) is 6.39. The molecule has 2 aliphatic rings. The molecule has 2 aliphatic heterocycles. The summed E-state index contributed by atoms with van der Waals surface area (Å²) in [6, 6.07) is 13.8. The number of ether oxygens (including phenoxy) is 2. The van der Waals surface area contributed by atoms with Crippen molar-refractivity contribution in [3.05, 3.63) is 59.3 Å². The van der Waals surface area contributed by atoms with Crippen molar-refractivity contribution in [2.75, 3.05) is 13.2 Å². The van der Waals surface area contributed by atoms with E-state index >= 15 is 0 Å². The van der Waals surface area contributed by atoms with Crippen LogP contribution in [0.25, 0.3) is 11.3 Å². The summed E-state index contributed by atoms with van der Waals surface area (Å²) in [5.41, 5.74) is 4.60. The monoisotopic (exact) mass is 407 g/mol. The van der Waals surface area contributed by atoms with Gasteiger partial charge in [0.25, 0.3) is 5.91 Å². The van der Waals surface area contributed by atoms with Crippen molar-refractivity contribution in [3.63, 3.8) is 0 Å². The summed E-state index contributed by atoms with van der Waals surface area (Å²) in [7, 11) is 1.90. The second kappa shape index (κ2) is 7.15. The average molecular weight is 407 g/mol. The molecule has 6 nitrogen and oxygen atoms in total. The van der Waals surface area contributed by atoms with Gasteiger partial charge in [0, 0.05) is 28.8 Å². The molecule has 1 atom stereocenters. The van der Waals surface area contributed by atoms with E-state index in [0.29, 0.717) is 18.9 Å². The minimum Gasteiger partial charge on any atom is -0.486 e. The molecule has 29 heavy (non-hydrogen) atoms. The maximum atomic E-state index is 13.1. The van der Waals surface area contributed by atoms with Gasteiger partial charge < -0.3 is 14.8 Å². The Labute approximate surface area is 173 Å². The molecule has 0 saturated heterocycles. The van der Waals surface area contributed by atoms with E-state index in [1.165, 1.54) is 4.90 Å². The first-order valence-electron chi connectivity index (χ1n) is 9.60. The fourth-order valence-corrected chi connectivity index (χ4v) is 4.91. The van der Waals surface area contributed by atoms with Crippen LogP contribution >= 0.6 is 11.8 Å². The van der Waals surface area contributed by atoms with E-state index in [2.05, 4.69) is 22.5 Å². The molecule has 148 valence electrons. The molecule has 1 aromatic heterocycles. The van der Waals surface area contributed by atoms with Crippen LogP contribution < -0.4 is 14.8 Å². The Hall–Kier alpha value is -2.93. The van der Waals surface area contributed by atoms with Crippen molar-refractivity contribution in [2.45, 2.75) is 23.6 Å². The number of benzene rings is 2. The quantitative estimate of drug-likeness (QED) is 0.712. The van der Waals surface area contributed by atoms with E-state index in [9.17, 15) is 4.79 Å². The van der Waals surface area contributed by atoms with E-state index in [1.54, 1.807) is 11.8 Å². The highest BCUT2D eigenvalue weighted by atomic mass is 32.2. The van der Waals surface area contributed by atoms with Gasteiger partial charge in [-0.15, -0.1) is 11.8 Å². The second-order valence-electron chi connectivity index (χ2n) is 7.18. The van der Waals surface area contributed by atoms with Crippen molar-refractivity contribution < 1.29 is 14.3 Å². The molecule has 0 aliphatic carbocycles. The summed E-state index contributed by atoms with van der Waals surface area (Å²) in [6.45, 7) is 3.06. The maximum Gasteiger partial charge on any atom is 0.272 e. The Kier molecular flexibility index (Phi) is 4.47. The van der Waals surface area contributed by atoms with Gasteiger partial charge >= 0.3 is 0 Å². The van der Waals surface area contributed by atoms with Crippen molar-refractivity contribution >= 4 is 17.7 Å². The predicted molar refractivity (Wildman–Crippen MR) is 112 cm³/mol. The van der Waals surface area contributed by atoms with Crippen molar-refractivity contribution in [1.29, 1.82) is 0 Å². The van der Waals surface area contributed by atoms with Crippen LogP contribution in [0, 0.1) is 0 Å². The number of aryl methyl sites for hydroxylation is 1. The molecule has 3 aromatic rings. The first-order valence-corrected chi connectivity index (χ1v) is 10.6. The van der Waals surface area contributed by atoms with Crippen LogP contribution in [0.3, 0.4) is 0 Å². The second-order valence-corrected chi connectivity index (χ2v) is 8.20. The van der Waals surface area contributed by atoms with E-state index < -0.39 is 0 Å². The molecular formula is C22H21N3O3S. The van der Waals surface area contributed by atoms with Crippen molar-refractivity contribution in [2.24, 2.45) is 7.05 Å². The molecule has 2 aromatic carbocycles. The van der Waals surface area contributed by atoms with Gasteiger partial charge in [-0.05, 0) is 30.7 Å². The van der Waals surface area contributed by atoms with Gasteiger partial charge in [0.2, 0.25) is 0 Å². The molecule has 7 heteroatoms. The smallest absolute Gasteiger partial charge is 0.272 e. The lowest BCUT2D eigenvalue weighted by Crippen LogP contribution is -2.28. The number of carbonyl (C=O) groups excluding carboxylic acids is 1. The number of amides is 1. The van der Waals surface area contributed by atoms with E-state index in [1.807, 2.05) is 49.0 Å². The topological polar surface area (TPSA) is 65.4 Å². The van der Waals surface area contributed by atoms with Gasteiger partial charge in [-0.2, -0.15) is 5.10 Å². The van der Waals surface area contributed by atoms with E-state index in [0.717, 1.165) is 39.6 Å². The van der Waals surface area contributed by atoms with E-state index in [-0.39, 0.29) is 11.9 Å². The normalized spacial score (nSPS) is 15.2. The largest absolute Gasteiger partial charge is 0.486 e. The number of fused-ring (bicyclic) bond motifs is 4. The molecule has 5 rings (SSSR count). The summed E-state index contributed by atoms with van der Waals surface area (Å²) in [5.74, 6) is 2.04. The third-order valence-electron chi connectivity index (χ3n) is 5.29.